The van der Waals surface area contributed by atoms with Crippen LogP contribution in [0.15, 0.2) is 18.2 Å². The van der Waals surface area contributed by atoms with Crippen molar-refractivity contribution >= 4 is 17.5 Å². The zero-order chi connectivity index (χ0) is 12.8. The average molecular weight is 257 g/mol. The lowest BCUT2D eigenvalue weighted by Gasteiger charge is -2.11. The minimum atomic E-state index is -0.177. The van der Waals surface area contributed by atoms with E-state index < -0.39 is 0 Å². The smallest absolute Gasteiger partial charge is 0.251 e. The number of carbonyl (C=O) groups excluding carboxylic acids is 1. The summed E-state index contributed by atoms with van der Waals surface area (Å²) < 4.78 is 0. The zero-order valence-corrected chi connectivity index (χ0v) is 10.8. The maximum absolute atomic E-state index is 11.8. The Morgan fingerprint density at radius 3 is 2.71 bits per heavy atom. The second-order valence-corrected chi connectivity index (χ2v) is 4.50. The summed E-state index contributed by atoms with van der Waals surface area (Å²) in [6.07, 6.45) is 0. The number of likely N-dealkylation sites (N-methyl/N-ethyl adjacent to an activating group) is 1. The van der Waals surface area contributed by atoms with Crippen LogP contribution in [0.1, 0.15) is 15.9 Å². The summed E-state index contributed by atoms with van der Waals surface area (Å²) in [6.45, 7) is 1.23. The van der Waals surface area contributed by atoms with Crippen molar-refractivity contribution in [3.8, 4) is 0 Å². The molecule has 94 valence electrons. The Morgan fingerprint density at radius 2 is 2.12 bits per heavy atom. The zero-order valence-electron chi connectivity index (χ0n) is 10.0. The van der Waals surface area contributed by atoms with Crippen molar-refractivity contribution in [1.29, 1.82) is 0 Å². The van der Waals surface area contributed by atoms with E-state index in [9.17, 15) is 4.79 Å². The predicted octanol–water partition coefficient (Wildman–Crippen LogP) is 1.12. The van der Waals surface area contributed by atoms with Crippen molar-refractivity contribution in [1.82, 2.24) is 10.2 Å². The number of halogens is 1. The first kappa shape index (κ1) is 14.0. The fourth-order valence-corrected chi connectivity index (χ4v) is 1.63. The summed E-state index contributed by atoms with van der Waals surface area (Å²) in [6, 6.07) is 4.86. The number of amides is 1. The van der Waals surface area contributed by atoms with E-state index in [-0.39, 0.29) is 12.5 Å². The van der Waals surface area contributed by atoms with Crippen molar-refractivity contribution < 1.29 is 9.90 Å². The molecule has 0 fully saturated rings. The summed E-state index contributed by atoms with van der Waals surface area (Å²) in [4.78, 5) is 13.8. The van der Waals surface area contributed by atoms with Crippen molar-refractivity contribution in [2.45, 2.75) is 6.61 Å². The number of benzene rings is 1. The van der Waals surface area contributed by atoms with E-state index in [1.807, 2.05) is 19.0 Å². The molecule has 2 N–H and O–H groups in total. The van der Waals surface area contributed by atoms with Crippen LogP contribution in [0.2, 0.25) is 5.02 Å². The van der Waals surface area contributed by atoms with Crippen LogP contribution < -0.4 is 5.32 Å². The molecule has 5 heteroatoms. The summed E-state index contributed by atoms with van der Waals surface area (Å²) in [5, 5.41) is 12.3. The minimum absolute atomic E-state index is 0.126. The Balaban J connectivity index is 2.65. The Kier molecular flexibility index (Phi) is 5.41. The van der Waals surface area contributed by atoms with E-state index in [0.29, 0.717) is 22.7 Å². The van der Waals surface area contributed by atoms with Gasteiger partial charge in [-0.05, 0) is 37.9 Å². The molecule has 0 aliphatic heterocycles. The van der Waals surface area contributed by atoms with Crippen molar-refractivity contribution in [3.63, 3.8) is 0 Å². The number of aliphatic hydroxyl groups is 1. The first-order valence-electron chi connectivity index (χ1n) is 5.36. The molecular formula is C12H17ClN2O2. The second kappa shape index (κ2) is 6.59. The highest BCUT2D eigenvalue weighted by Gasteiger charge is 2.07. The van der Waals surface area contributed by atoms with Crippen molar-refractivity contribution in [3.05, 3.63) is 34.3 Å². The van der Waals surface area contributed by atoms with Gasteiger partial charge in [0.15, 0.2) is 0 Å². The van der Waals surface area contributed by atoms with Crippen LogP contribution in [0.3, 0.4) is 0 Å². The predicted molar refractivity (Wildman–Crippen MR) is 68.3 cm³/mol. The van der Waals surface area contributed by atoms with Gasteiger partial charge in [0.1, 0.15) is 0 Å². The lowest BCUT2D eigenvalue weighted by atomic mass is 10.1. The molecule has 0 heterocycles. The van der Waals surface area contributed by atoms with E-state index in [4.69, 9.17) is 16.7 Å². The van der Waals surface area contributed by atoms with Crippen molar-refractivity contribution in [2.75, 3.05) is 27.2 Å². The molecule has 0 saturated carbocycles. The quantitative estimate of drug-likeness (QED) is 0.830. The second-order valence-electron chi connectivity index (χ2n) is 4.07. The first-order chi connectivity index (χ1) is 8.02. The Labute approximate surface area is 106 Å². The third-order valence-electron chi connectivity index (χ3n) is 2.25. The van der Waals surface area contributed by atoms with Crippen LogP contribution in [-0.2, 0) is 6.61 Å². The molecule has 0 aliphatic rings. The number of nitrogens with one attached hydrogen (secondary N) is 1. The molecule has 0 aromatic heterocycles. The lowest BCUT2D eigenvalue weighted by molar-refractivity contribution is 0.0951. The molecule has 17 heavy (non-hydrogen) atoms. The highest BCUT2D eigenvalue weighted by Crippen LogP contribution is 2.15. The van der Waals surface area contributed by atoms with Gasteiger partial charge in [0.25, 0.3) is 5.91 Å². The van der Waals surface area contributed by atoms with Crippen LogP contribution in [0.4, 0.5) is 0 Å². The molecular weight excluding hydrogens is 240 g/mol. The molecule has 1 rings (SSSR count). The van der Waals surface area contributed by atoms with E-state index >= 15 is 0 Å². The molecule has 1 aromatic carbocycles. The lowest BCUT2D eigenvalue weighted by Crippen LogP contribution is -2.31. The summed E-state index contributed by atoms with van der Waals surface area (Å²) in [5.74, 6) is -0.177. The molecule has 0 bridgehead atoms. The third-order valence-corrected chi connectivity index (χ3v) is 2.47. The van der Waals surface area contributed by atoms with Crippen LogP contribution in [0, 0.1) is 0 Å². The first-order valence-corrected chi connectivity index (χ1v) is 5.74. The maximum Gasteiger partial charge on any atom is 0.251 e. The molecule has 1 aromatic rings. The van der Waals surface area contributed by atoms with Gasteiger partial charge >= 0.3 is 0 Å². The summed E-state index contributed by atoms with van der Waals surface area (Å²) >= 11 is 5.86. The molecule has 0 spiro atoms. The van der Waals surface area contributed by atoms with Crippen LogP contribution in [-0.4, -0.2) is 43.1 Å². The van der Waals surface area contributed by atoms with Gasteiger partial charge in [-0.2, -0.15) is 0 Å². The van der Waals surface area contributed by atoms with Gasteiger partial charge in [0, 0.05) is 23.7 Å². The fourth-order valence-electron chi connectivity index (χ4n) is 1.37. The Morgan fingerprint density at radius 1 is 1.41 bits per heavy atom. The monoisotopic (exact) mass is 256 g/mol. The van der Waals surface area contributed by atoms with Crippen LogP contribution >= 0.6 is 11.6 Å². The highest BCUT2D eigenvalue weighted by molar-refractivity contribution is 6.31. The van der Waals surface area contributed by atoms with E-state index in [0.717, 1.165) is 6.54 Å². The van der Waals surface area contributed by atoms with Gasteiger partial charge < -0.3 is 15.3 Å². The topological polar surface area (TPSA) is 52.6 Å². The van der Waals surface area contributed by atoms with Gasteiger partial charge in [-0.3, -0.25) is 4.79 Å². The normalized spacial score (nSPS) is 10.6. The van der Waals surface area contributed by atoms with E-state index in [2.05, 4.69) is 5.32 Å². The van der Waals surface area contributed by atoms with Crippen molar-refractivity contribution in [2.24, 2.45) is 0 Å². The van der Waals surface area contributed by atoms with Gasteiger partial charge in [-0.25, -0.2) is 0 Å². The number of nitrogens with zero attached hydrogens (tertiary/aromatic N) is 1. The third kappa shape index (κ3) is 4.73. The molecule has 0 atom stereocenters. The molecule has 0 unspecified atom stereocenters. The Hall–Kier alpha value is -1.10. The van der Waals surface area contributed by atoms with Crippen LogP contribution in [0.25, 0.3) is 0 Å². The largest absolute Gasteiger partial charge is 0.392 e. The van der Waals surface area contributed by atoms with Gasteiger partial charge in [-0.15, -0.1) is 0 Å². The fraction of sp³-hybridized carbons (Fsp3) is 0.417. The maximum atomic E-state index is 11.8. The molecule has 0 saturated heterocycles. The molecule has 4 nitrogen and oxygen atoms in total. The average Bonchev–Trinajstić information content (AvgIpc) is 2.27. The number of hydrogen-bond acceptors (Lipinski definition) is 3. The minimum Gasteiger partial charge on any atom is -0.392 e. The van der Waals surface area contributed by atoms with E-state index in [1.165, 1.54) is 0 Å². The van der Waals surface area contributed by atoms with Gasteiger partial charge in [0.2, 0.25) is 0 Å². The van der Waals surface area contributed by atoms with Gasteiger partial charge in [-0.1, -0.05) is 11.6 Å². The SMILES string of the molecule is CN(C)CCNC(=O)c1cc(Cl)cc(CO)c1. The standard InChI is InChI=1S/C12H17ClN2O2/c1-15(2)4-3-14-12(17)10-5-9(8-16)6-11(13)7-10/h5-7,16H,3-4,8H2,1-2H3,(H,14,17). The highest BCUT2D eigenvalue weighted by atomic mass is 35.5. The van der Waals surface area contributed by atoms with Crippen LogP contribution in [0.5, 0.6) is 0 Å². The molecule has 0 radical (unpaired) electrons. The number of aliphatic hydroxyl groups excluding tert-OH is 1. The van der Waals surface area contributed by atoms with Gasteiger partial charge in [0.05, 0.1) is 6.61 Å². The number of carbonyl (C=O) groups is 1. The summed E-state index contributed by atoms with van der Waals surface area (Å²) in [7, 11) is 3.88. The Bertz CT molecular complexity index is 394. The summed E-state index contributed by atoms with van der Waals surface area (Å²) in [5.41, 5.74) is 1.11. The molecule has 1 amide bonds. The molecule has 0 aliphatic carbocycles. The number of hydrogen-bond donors (Lipinski definition) is 2. The number of rotatable bonds is 5. The van der Waals surface area contributed by atoms with E-state index in [1.54, 1.807) is 18.2 Å².